The SMILES string of the molecule is CN1CCC[C@@H](CN(C)C(=O)c2[nH]nc(N)c2-c2ccccc2)C1. The topological polar surface area (TPSA) is 78.2 Å². The van der Waals surface area contributed by atoms with E-state index in [0.29, 0.717) is 23.0 Å². The van der Waals surface area contributed by atoms with Crippen LogP contribution in [0.15, 0.2) is 30.3 Å². The first-order valence-corrected chi connectivity index (χ1v) is 8.39. The Hall–Kier alpha value is -2.34. The van der Waals surface area contributed by atoms with E-state index < -0.39 is 0 Å². The first-order valence-electron chi connectivity index (χ1n) is 8.39. The number of carbonyl (C=O) groups excluding carboxylic acids is 1. The fourth-order valence-electron chi connectivity index (χ4n) is 3.49. The molecule has 0 bridgehead atoms. The van der Waals surface area contributed by atoms with Gasteiger partial charge in [0.2, 0.25) is 0 Å². The summed E-state index contributed by atoms with van der Waals surface area (Å²) in [4.78, 5) is 17.0. The van der Waals surface area contributed by atoms with E-state index in [1.807, 2.05) is 37.4 Å². The quantitative estimate of drug-likeness (QED) is 0.901. The van der Waals surface area contributed by atoms with Crippen LogP contribution < -0.4 is 5.73 Å². The van der Waals surface area contributed by atoms with E-state index in [4.69, 9.17) is 5.73 Å². The smallest absolute Gasteiger partial charge is 0.272 e. The van der Waals surface area contributed by atoms with Gasteiger partial charge in [0.1, 0.15) is 5.69 Å². The maximum absolute atomic E-state index is 12.9. The van der Waals surface area contributed by atoms with Gasteiger partial charge in [-0.2, -0.15) is 5.10 Å². The number of nitrogens with two attached hydrogens (primary N) is 1. The van der Waals surface area contributed by atoms with Gasteiger partial charge in [-0.1, -0.05) is 30.3 Å². The van der Waals surface area contributed by atoms with E-state index in [9.17, 15) is 4.79 Å². The molecule has 6 nitrogen and oxygen atoms in total. The van der Waals surface area contributed by atoms with E-state index in [0.717, 1.165) is 25.2 Å². The molecule has 0 spiro atoms. The number of anilines is 1. The first kappa shape index (κ1) is 16.5. The number of hydrogen-bond donors (Lipinski definition) is 2. The minimum Gasteiger partial charge on any atom is -0.382 e. The van der Waals surface area contributed by atoms with Crippen molar-refractivity contribution in [2.45, 2.75) is 12.8 Å². The molecule has 1 saturated heterocycles. The van der Waals surface area contributed by atoms with Gasteiger partial charge in [-0.15, -0.1) is 0 Å². The Morgan fingerprint density at radius 2 is 2.17 bits per heavy atom. The van der Waals surface area contributed by atoms with E-state index in [-0.39, 0.29) is 5.91 Å². The van der Waals surface area contributed by atoms with Gasteiger partial charge in [-0.05, 0) is 37.9 Å². The van der Waals surface area contributed by atoms with Crippen LogP contribution in [0.5, 0.6) is 0 Å². The van der Waals surface area contributed by atoms with Gasteiger partial charge in [0.25, 0.3) is 5.91 Å². The minimum absolute atomic E-state index is 0.0636. The van der Waals surface area contributed by atoms with Crippen LogP contribution in [0.1, 0.15) is 23.3 Å². The molecular weight excluding hydrogens is 302 g/mol. The number of carbonyl (C=O) groups is 1. The number of H-pyrrole nitrogens is 1. The van der Waals surface area contributed by atoms with Crippen LogP contribution in [-0.2, 0) is 0 Å². The molecule has 0 radical (unpaired) electrons. The van der Waals surface area contributed by atoms with Crippen LogP contribution in [0.4, 0.5) is 5.82 Å². The summed E-state index contributed by atoms with van der Waals surface area (Å²) in [6.45, 7) is 2.92. The number of hydrogen-bond acceptors (Lipinski definition) is 4. The molecule has 0 unspecified atom stereocenters. The highest BCUT2D eigenvalue weighted by Crippen LogP contribution is 2.28. The van der Waals surface area contributed by atoms with Crippen molar-refractivity contribution in [3.05, 3.63) is 36.0 Å². The Balaban J connectivity index is 1.78. The summed E-state index contributed by atoms with van der Waals surface area (Å²) in [5.74, 6) is 0.805. The molecular formula is C18H25N5O. The molecule has 1 aromatic carbocycles. The third-order valence-electron chi connectivity index (χ3n) is 4.67. The van der Waals surface area contributed by atoms with Crippen LogP contribution in [0, 0.1) is 5.92 Å². The molecule has 0 saturated carbocycles. The predicted molar refractivity (Wildman–Crippen MR) is 95.6 cm³/mol. The summed E-state index contributed by atoms with van der Waals surface area (Å²) < 4.78 is 0. The van der Waals surface area contributed by atoms with Crippen molar-refractivity contribution >= 4 is 11.7 Å². The summed E-state index contributed by atoms with van der Waals surface area (Å²) in [6.07, 6.45) is 2.36. The maximum atomic E-state index is 12.9. The molecule has 1 atom stereocenters. The lowest BCUT2D eigenvalue weighted by molar-refractivity contribution is 0.0736. The third-order valence-corrected chi connectivity index (χ3v) is 4.67. The predicted octanol–water partition coefficient (Wildman–Crippen LogP) is 2.07. The molecule has 128 valence electrons. The third kappa shape index (κ3) is 3.43. The maximum Gasteiger partial charge on any atom is 0.272 e. The highest BCUT2D eigenvalue weighted by atomic mass is 16.2. The van der Waals surface area contributed by atoms with Gasteiger partial charge in [0, 0.05) is 20.1 Å². The summed E-state index contributed by atoms with van der Waals surface area (Å²) in [5.41, 5.74) is 8.05. The van der Waals surface area contributed by atoms with Crippen molar-refractivity contribution in [1.29, 1.82) is 0 Å². The Morgan fingerprint density at radius 1 is 1.42 bits per heavy atom. The number of nitrogens with one attached hydrogen (secondary N) is 1. The van der Waals surface area contributed by atoms with Crippen molar-refractivity contribution < 1.29 is 4.79 Å². The van der Waals surface area contributed by atoms with Crippen molar-refractivity contribution in [2.24, 2.45) is 5.92 Å². The second-order valence-corrected chi connectivity index (χ2v) is 6.68. The zero-order valence-electron chi connectivity index (χ0n) is 14.3. The second-order valence-electron chi connectivity index (χ2n) is 6.68. The van der Waals surface area contributed by atoms with Crippen LogP contribution >= 0.6 is 0 Å². The van der Waals surface area contributed by atoms with E-state index in [2.05, 4.69) is 22.1 Å². The molecule has 1 aliphatic heterocycles. The molecule has 1 amide bonds. The average molecular weight is 327 g/mol. The zero-order valence-corrected chi connectivity index (χ0v) is 14.3. The van der Waals surface area contributed by atoms with Crippen molar-refractivity contribution in [2.75, 3.05) is 39.5 Å². The molecule has 2 aromatic rings. The normalized spacial score (nSPS) is 18.5. The van der Waals surface area contributed by atoms with Gasteiger partial charge in [0.15, 0.2) is 5.82 Å². The van der Waals surface area contributed by atoms with Gasteiger partial charge >= 0.3 is 0 Å². The lowest BCUT2D eigenvalue weighted by Crippen LogP contribution is -2.40. The number of benzene rings is 1. The van der Waals surface area contributed by atoms with E-state index in [1.54, 1.807) is 4.90 Å². The molecule has 0 aliphatic carbocycles. The molecule has 1 aromatic heterocycles. The first-order chi connectivity index (χ1) is 11.6. The fraction of sp³-hybridized carbons (Fsp3) is 0.444. The fourth-order valence-corrected chi connectivity index (χ4v) is 3.49. The highest BCUT2D eigenvalue weighted by molar-refractivity contribution is 6.01. The standard InChI is InChI=1S/C18H25N5O/c1-22-10-6-7-13(11-22)12-23(2)18(24)16-15(17(19)21-20-16)14-8-4-3-5-9-14/h3-5,8-9,13H,6-7,10-12H2,1-2H3,(H3,19,20,21)/t13-/m1/s1. The highest BCUT2D eigenvalue weighted by Gasteiger charge is 2.25. The molecule has 1 fully saturated rings. The summed E-state index contributed by atoms with van der Waals surface area (Å²) in [7, 11) is 3.99. The Kier molecular flexibility index (Phi) is 4.85. The number of aromatic nitrogens is 2. The Morgan fingerprint density at radius 3 is 2.88 bits per heavy atom. The number of piperidine rings is 1. The van der Waals surface area contributed by atoms with Crippen molar-refractivity contribution in [3.63, 3.8) is 0 Å². The van der Waals surface area contributed by atoms with E-state index >= 15 is 0 Å². The number of likely N-dealkylation sites (tertiary alicyclic amines) is 1. The Bertz CT molecular complexity index is 697. The van der Waals surface area contributed by atoms with Crippen LogP contribution in [0.2, 0.25) is 0 Å². The summed E-state index contributed by atoms with van der Waals surface area (Å²) in [5, 5.41) is 6.87. The number of amides is 1. The lowest BCUT2D eigenvalue weighted by Gasteiger charge is -2.32. The van der Waals surface area contributed by atoms with Gasteiger partial charge in [0.05, 0.1) is 5.56 Å². The molecule has 3 rings (SSSR count). The molecule has 1 aliphatic rings. The lowest BCUT2D eigenvalue weighted by atomic mass is 9.97. The van der Waals surface area contributed by atoms with Crippen LogP contribution in [0.25, 0.3) is 11.1 Å². The minimum atomic E-state index is -0.0636. The van der Waals surface area contributed by atoms with Gasteiger partial charge in [-0.25, -0.2) is 0 Å². The van der Waals surface area contributed by atoms with Gasteiger partial charge < -0.3 is 15.5 Å². The summed E-state index contributed by atoms with van der Waals surface area (Å²) in [6, 6.07) is 9.67. The molecule has 3 N–H and O–H groups in total. The number of aromatic amines is 1. The monoisotopic (exact) mass is 327 g/mol. The van der Waals surface area contributed by atoms with Crippen molar-refractivity contribution in [3.8, 4) is 11.1 Å². The number of rotatable bonds is 4. The molecule has 6 heteroatoms. The average Bonchev–Trinajstić information content (AvgIpc) is 2.96. The van der Waals surface area contributed by atoms with Gasteiger partial charge in [-0.3, -0.25) is 9.89 Å². The largest absolute Gasteiger partial charge is 0.382 e. The zero-order chi connectivity index (χ0) is 17.1. The summed E-state index contributed by atoms with van der Waals surface area (Å²) >= 11 is 0. The number of nitrogens with zero attached hydrogens (tertiary/aromatic N) is 3. The van der Waals surface area contributed by atoms with Crippen LogP contribution in [-0.4, -0.2) is 59.6 Å². The molecule has 24 heavy (non-hydrogen) atoms. The Labute approximate surface area is 142 Å². The van der Waals surface area contributed by atoms with Crippen molar-refractivity contribution in [1.82, 2.24) is 20.0 Å². The van der Waals surface area contributed by atoms with E-state index in [1.165, 1.54) is 12.8 Å². The number of nitrogen functional groups attached to an aromatic ring is 1. The van der Waals surface area contributed by atoms with Crippen LogP contribution in [0.3, 0.4) is 0 Å². The molecule has 2 heterocycles. The second kappa shape index (κ2) is 7.05.